The number of carbonyl (C=O) groups is 3. The van der Waals surface area contributed by atoms with E-state index in [4.69, 9.17) is 15.3 Å². The maximum Gasteiger partial charge on any atom is 0.506 e. The van der Waals surface area contributed by atoms with Crippen LogP contribution < -0.4 is 0 Å². The minimum atomic E-state index is -1.62. The van der Waals surface area contributed by atoms with E-state index in [9.17, 15) is 14.4 Å². The lowest BCUT2D eigenvalue weighted by Gasteiger charge is -2.18. The molecule has 98 valence electrons. The van der Waals surface area contributed by atoms with Crippen molar-refractivity contribution >= 4 is 18.5 Å². The van der Waals surface area contributed by atoms with Crippen LogP contribution in [0.25, 0.3) is 0 Å². The molecular weight excluding hydrogens is 240 g/mol. The van der Waals surface area contributed by atoms with E-state index < -0.39 is 37.3 Å². The van der Waals surface area contributed by atoms with Crippen molar-refractivity contribution in [3.63, 3.8) is 0 Å². The van der Waals surface area contributed by atoms with E-state index in [0.29, 0.717) is 0 Å². The number of hydrogen-bond acceptors (Lipinski definition) is 6. The van der Waals surface area contributed by atoms with Gasteiger partial charge in [-0.05, 0) is 6.92 Å². The van der Waals surface area contributed by atoms with Gasteiger partial charge < -0.3 is 29.5 Å². The Morgan fingerprint density at radius 2 is 1.53 bits per heavy atom. The predicted octanol–water partition coefficient (Wildman–Crippen LogP) is 1.22. The molecule has 0 aliphatic heterocycles. The van der Waals surface area contributed by atoms with Crippen LogP contribution in [0.15, 0.2) is 0 Å². The molecule has 0 heterocycles. The minimum Gasteiger partial charge on any atom is -0.450 e. The lowest BCUT2D eigenvalue weighted by molar-refractivity contribution is -0.0210. The topological polar surface area (TPSA) is 140 Å². The van der Waals surface area contributed by atoms with Crippen LogP contribution in [0.4, 0.5) is 14.4 Å². The SMILES string of the molecule is CC(CC(COC(=O)O)OC(=O)O)OC(=O)O. The minimum absolute atomic E-state index is 0.147. The van der Waals surface area contributed by atoms with Gasteiger partial charge in [0.1, 0.15) is 18.8 Å². The van der Waals surface area contributed by atoms with Crippen LogP contribution in [0, 0.1) is 0 Å². The molecule has 0 aliphatic carbocycles. The zero-order chi connectivity index (χ0) is 13.4. The Morgan fingerprint density at radius 3 is 1.94 bits per heavy atom. The highest BCUT2D eigenvalue weighted by Gasteiger charge is 2.21. The van der Waals surface area contributed by atoms with E-state index in [0.717, 1.165) is 0 Å². The van der Waals surface area contributed by atoms with Gasteiger partial charge in [0.2, 0.25) is 0 Å². The first-order valence-corrected chi connectivity index (χ1v) is 4.46. The summed E-state index contributed by atoms with van der Waals surface area (Å²) in [7, 11) is 0. The van der Waals surface area contributed by atoms with E-state index >= 15 is 0 Å². The summed E-state index contributed by atoms with van der Waals surface area (Å²) >= 11 is 0. The number of rotatable bonds is 6. The van der Waals surface area contributed by atoms with Gasteiger partial charge in [-0.25, -0.2) is 14.4 Å². The second-order valence-electron chi connectivity index (χ2n) is 3.01. The van der Waals surface area contributed by atoms with Crippen LogP contribution in [0.2, 0.25) is 0 Å². The molecule has 9 nitrogen and oxygen atoms in total. The molecule has 0 aromatic carbocycles. The van der Waals surface area contributed by atoms with Crippen molar-refractivity contribution in [2.24, 2.45) is 0 Å². The normalized spacial score (nSPS) is 13.2. The molecule has 0 fully saturated rings. The van der Waals surface area contributed by atoms with Crippen LogP contribution in [0.5, 0.6) is 0 Å². The van der Waals surface area contributed by atoms with Gasteiger partial charge in [0, 0.05) is 6.42 Å². The van der Waals surface area contributed by atoms with Gasteiger partial charge in [-0.15, -0.1) is 0 Å². The highest BCUT2D eigenvalue weighted by Crippen LogP contribution is 2.08. The Hall–Kier alpha value is -2.19. The summed E-state index contributed by atoms with van der Waals surface area (Å²) in [5, 5.41) is 24.9. The van der Waals surface area contributed by atoms with Crippen molar-refractivity contribution in [3.8, 4) is 0 Å². The quantitative estimate of drug-likeness (QED) is 0.469. The Morgan fingerprint density at radius 1 is 1.00 bits per heavy atom. The van der Waals surface area contributed by atoms with Crippen molar-refractivity contribution in [2.45, 2.75) is 25.6 Å². The van der Waals surface area contributed by atoms with Gasteiger partial charge in [-0.2, -0.15) is 0 Å². The zero-order valence-corrected chi connectivity index (χ0v) is 8.86. The second kappa shape index (κ2) is 7.14. The van der Waals surface area contributed by atoms with E-state index in [1.807, 2.05) is 0 Å². The van der Waals surface area contributed by atoms with Crippen LogP contribution in [0.3, 0.4) is 0 Å². The van der Waals surface area contributed by atoms with Gasteiger partial charge in [0.05, 0.1) is 0 Å². The lowest BCUT2D eigenvalue weighted by Crippen LogP contribution is -2.29. The van der Waals surface area contributed by atoms with Crippen LogP contribution >= 0.6 is 0 Å². The molecule has 0 bridgehead atoms. The molecule has 0 rings (SSSR count). The lowest BCUT2D eigenvalue weighted by atomic mass is 10.2. The fourth-order valence-corrected chi connectivity index (χ4v) is 1.05. The Balaban J connectivity index is 4.21. The molecule has 2 atom stereocenters. The fourth-order valence-electron chi connectivity index (χ4n) is 1.05. The molecule has 0 radical (unpaired) electrons. The van der Waals surface area contributed by atoms with Crippen LogP contribution in [-0.4, -0.2) is 52.6 Å². The summed E-state index contributed by atoms with van der Waals surface area (Å²) in [4.78, 5) is 30.6. The first-order valence-electron chi connectivity index (χ1n) is 4.46. The Labute approximate surface area is 95.5 Å². The smallest absolute Gasteiger partial charge is 0.450 e. The first kappa shape index (κ1) is 14.8. The average Bonchev–Trinajstić information content (AvgIpc) is 2.11. The molecule has 0 aliphatic rings. The molecule has 9 heteroatoms. The highest BCUT2D eigenvalue weighted by molar-refractivity contribution is 5.58. The highest BCUT2D eigenvalue weighted by atomic mass is 16.7. The largest absolute Gasteiger partial charge is 0.506 e. The van der Waals surface area contributed by atoms with Crippen molar-refractivity contribution in [1.82, 2.24) is 0 Å². The third-order valence-corrected chi connectivity index (χ3v) is 1.56. The zero-order valence-electron chi connectivity index (χ0n) is 8.86. The molecule has 0 saturated carbocycles. The molecular formula is C8H12O9. The first-order chi connectivity index (χ1) is 7.81. The summed E-state index contributed by atoms with van der Waals surface area (Å²) in [5.41, 5.74) is 0. The number of hydrogen-bond donors (Lipinski definition) is 3. The Bertz CT molecular complexity index is 287. The van der Waals surface area contributed by atoms with Crippen molar-refractivity contribution in [2.75, 3.05) is 6.61 Å². The summed E-state index contributed by atoms with van der Waals surface area (Å²) < 4.78 is 12.8. The maximum atomic E-state index is 10.3. The molecule has 0 amide bonds. The van der Waals surface area contributed by atoms with E-state index in [2.05, 4.69) is 14.2 Å². The fraction of sp³-hybridized carbons (Fsp3) is 0.625. The molecule has 0 saturated heterocycles. The second-order valence-corrected chi connectivity index (χ2v) is 3.01. The van der Waals surface area contributed by atoms with Crippen LogP contribution in [-0.2, 0) is 14.2 Å². The van der Waals surface area contributed by atoms with Crippen molar-refractivity contribution in [1.29, 1.82) is 0 Å². The van der Waals surface area contributed by atoms with E-state index in [1.165, 1.54) is 6.92 Å². The maximum absolute atomic E-state index is 10.3. The van der Waals surface area contributed by atoms with Crippen molar-refractivity contribution in [3.05, 3.63) is 0 Å². The van der Waals surface area contributed by atoms with E-state index in [-0.39, 0.29) is 6.42 Å². The van der Waals surface area contributed by atoms with Gasteiger partial charge in [-0.1, -0.05) is 0 Å². The molecule has 0 aromatic rings. The average molecular weight is 252 g/mol. The summed E-state index contributed by atoms with van der Waals surface area (Å²) in [6, 6.07) is 0. The summed E-state index contributed by atoms with van der Waals surface area (Å²) in [5.74, 6) is 0. The van der Waals surface area contributed by atoms with Gasteiger partial charge in [-0.3, -0.25) is 0 Å². The number of ether oxygens (including phenoxy) is 3. The van der Waals surface area contributed by atoms with Crippen LogP contribution in [0.1, 0.15) is 13.3 Å². The van der Waals surface area contributed by atoms with E-state index in [1.54, 1.807) is 0 Å². The molecule has 0 aromatic heterocycles. The molecule has 3 N–H and O–H groups in total. The summed E-state index contributed by atoms with van der Waals surface area (Å²) in [6.45, 7) is 0.835. The number of carboxylic acid groups (broad SMARTS) is 3. The van der Waals surface area contributed by atoms with Gasteiger partial charge in [0.15, 0.2) is 0 Å². The summed E-state index contributed by atoms with van der Waals surface area (Å²) in [6.07, 6.45) is -6.86. The third kappa shape index (κ3) is 8.78. The molecule has 2 unspecified atom stereocenters. The molecule has 0 spiro atoms. The van der Waals surface area contributed by atoms with Gasteiger partial charge >= 0.3 is 18.5 Å². The van der Waals surface area contributed by atoms with Crippen molar-refractivity contribution < 1.29 is 43.9 Å². The third-order valence-electron chi connectivity index (χ3n) is 1.56. The monoisotopic (exact) mass is 252 g/mol. The molecule has 17 heavy (non-hydrogen) atoms. The predicted molar refractivity (Wildman–Crippen MR) is 50.1 cm³/mol. The Kier molecular flexibility index (Phi) is 6.22. The standard InChI is InChI=1S/C8H12O9/c1-4(16-7(11)12)2-5(17-8(13)14)3-15-6(9)10/h4-5H,2-3H2,1H3,(H,9,10)(H,11,12)(H,13,14). The van der Waals surface area contributed by atoms with Gasteiger partial charge in [0.25, 0.3) is 0 Å².